The number of rotatable bonds is 10. The molecule has 0 atom stereocenters. The lowest BCUT2D eigenvalue weighted by molar-refractivity contribution is -0.121. The predicted octanol–water partition coefficient (Wildman–Crippen LogP) is 3.60. The van der Waals surface area contributed by atoms with Gasteiger partial charge in [-0.2, -0.15) is 0 Å². The van der Waals surface area contributed by atoms with E-state index in [9.17, 15) is 9.59 Å². The number of unbranched alkanes of at least 4 members (excludes halogenated alkanes) is 1. The van der Waals surface area contributed by atoms with Crippen LogP contribution in [0.25, 0.3) is 0 Å². The van der Waals surface area contributed by atoms with E-state index in [1.807, 2.05) is 31.2 Å². The molecule has 0 radical (unpaired) electrons. The lowest BCUT2D eigenvalue weighted by Gasteiger charge is -2.08. The van der Waals surface area contributed by atoms with Gasteiger partial charge in [-0.1, -0.05) is 35.9 Å². The maximum Gasteiger partial charge on any atom is 0.335 e. The summed E-state index contributed by atoms with van der Waals surface area (Å²) in [4.78, 5) is 23.0. The van der Waals surface area contributed by atoms with E-state index in [-0.39, 0.29) is 17.9 Å². The third kappa shape index (κ3) is 6.59. The van der Waals surface area contributed by atoms with Gasteiger partial charge in [-0.25, -0.2) is 4.79 Å². The van der Waals surface area contributed by atoms with Crippen molar-refractivity contribution in [1.29, 1.82) is 0 Å². The van der Waals surface area contributed by atoms with Crippen LogP contribution < -0.4 is 10.1 Å². The van der Waals surface area contributed by atoms with Crippen LogP contribution in [0.5, 0.6) is 5.75 Å². The number of hydrogen-bond donors (Lipinski definition) is 2. The molecule has 0 bridgehead atoms. The number of benzene rings is 2. The highest BCUT2D eigenvalue weighted by atomic mass is 16.5. The Labute approximate surface area is 154 Å². The molecule has 2 rings (SSSR count). The van der Waals surface area contributed by atoms with E-state index in [0.717, 1.165) is 18.6 Å². The van der Waals surface area contributed by atoms with E-state index >= 15 is 0 Å². The van der Waals surface area contributed by atoms with Crippen LogP contribution in [0.4, 0.5) is 0 Å². The SMILES string of the molecule is Cc1ccc(OCCCCNC(=O)CCc2ccccc2C(=O)O)cc1. The standard InChI is InChI=1S/C21H25NO4/c1-16-8-11-18(12-9-16)26-15-5-4-14-22-20(23)13-10-17-6-2-3-7-19(17)21(24)25/h2-3,6-9,11-12H,4-5,10,13-15H2,1H3,(H,22,23)(H,24,25). The third-order valence-corrected chi connectivity index (χ3v) is 4.05. The number of carbonyl (C=O) groups excluding carboxylic acids is 1. The number of carboxylic acids is 1. The third-order valence-electron chi connectivity index (χ3n) is 4.05. The summed E-state index contributed by atoms with van der Waals surface area (Å²) < 4.78 is 5.64. The number of amides is 1. The summed E-state index contributed by atoms with van der Waals surface area (Å²) in [6.45, 7) is 3.24. The fourth-order valence-corrected chi connectivity index (χ4v) is 2.56. The summed E-state index contributed by atoms with van der Waals surface area (Å²) in [6.07, 6.45) is 2.40. The van der Waals surface area contributed by atoms with Crippen molar-refractivity contribution in [2.45, 2.75) is 32.6 Å². The molecule has 2 aromatic rings. The number of aryl methyl sites for hydroxylation is 2. The maximum atomic E-state index is 11.9. The quantitative estimate of drug-likeness (QED) is 0.639. The molecule has 0 unspecified atom stereocenters. The lowest BCUT2D eigenvalue weighted by atomic mass is 10.0. The molecule has 0 aliphatic carbocycles. The summed E-state index contributed by atoms with van der Waals surface area (Å²) in [5.41, 5.74) is 2.14. The minimum absolute atomic E-state index is 0.0651. The van der Waals surface area contributed by atoms with Crippen LogP contribution >= 0.6 is 0 Å². The van der Waals surface area contributed by atoms with Crippen molar-refractivity contribution in [3.05, 3.63) is 65.2 Å². The minimum Gasteiger partial charge on any atom is -0.494 e. The first kappa shape index (κ1) is 19.5. The maximum absolute atomic E-state index is 11.9. The van der Waals surface area contributed by atoms with Gasteiger partial charge in [-0.05, 0) is 49.9 Å². The summed E-state index contributed by atoms with van der Waals surface area (Å²) in [5.74, 6) is -0.170. The van der Waals surface area contributed by atoms with Crippen LogP contribution in [0, 0.1) is 6.92 Å². The van der Waals surface area contributed by atoms with Crippen LogP contribution in [0.1, 0.15) is 40.7 Å². The molecule has 2 N–H and O–H groups in total. The number of ether oxygens (including phenoxy) is 1. The second kappa shape index (κ2) is 10.2. The van der Waals surface area contributed by atoms with E-state index in [1.54, 1.807) is 24.3 Å². The smallest absolute Gasteiger partial charge is 0.335 e. The molecule has 5 heteroatoms. The normalized spacial score (nSPS) is 10.3. The van der Waals surface area contributed by atoms with Gasteiger partial charge in [-0.15, -0.1) is 0 Å². The summed E-state index contributed by atoms with van der Waals surface area (Å²) >= 11 is 0. The zero-order chi connectivity index (χ0) is 18.8. The molecule has 26 heavy (non-hydrogen) atoms. The highest BCUT2D eigenvalue weighted by molar-refractivity contribution is 5.89. The Morgan fingerprint density at radius 2 is 1.77 bits per heavy atom. The van der Waals surface area contributed by atoms with E-state index in [2.05, 4.69) is 5.32 Å². The summed E-state index contributed by atoms with van der Waals surface area (Å²) in [5, 5.41) is 12.0. The Hall–Kier alpha value is -2.82. The molecule has 0 saturated heterocycles. The van der Waals surface area contributed by atoms with Gasteiger partial charge in [-0.3, -0.25) is 4.79 Å². The first-order valence-electron chi connectivity index (χ1n) is 8.83. The topological polar surface area (TPSA) is 75.6 Å². The van der Waals surface area contributed by atoms with Crippen molar-refractivity contribution in [3.8, 4) is 5.75 Å². The first-order valence-corrected chi connectivity index (χ1v) is 8.83. The monoisotopic (exact) mass is 355 g/mol. The molecule has 138 valence electrons. The van der Waals surface area contributed by atoms with Crippen LogP contribution in [-0.2, 0) is 11.2 Å². The van der Waals surface area contributed by atoms with Gasteiger partial charge in [0.2, 0.25) is 5.91 Å². The van der Waals surface area contributed by atoms with Gasteiger partial charge in [0.1, 0.15) is 5.75 Å². The van der Waals surface area contributed by atoms with E-state index in [1.165, 1.54) is 5.56 Å². The van der Waals surface area contributed by atoms with Crippen molar-refractivity contribution in [3.63, 3.8) is 0 Å². The molecule has 1 amide bonds. The molecule has 0 spiro atoms. The summed E-state index contributed by atoms with van der Waals surface area (Å²) in [6, 6.07) is 14.7. The van der Waals surface area contributed by atoms with Gasteiger partial charge in [0, 0.05) is 13.0 Å². The molecule has 0 saturated carbocycles. The van der Waals surface area contributed by atoms with E-state index in [0.29, 0.717) is 25.1 Å². The van der Waals surface area contributed by atoms with Gasteiger partial charge >= 0.3 is 5.97 Å². The predicted molar refractivity (Wildman–Crippen MR) is 101 cm³/mol. The van der Waals surface area contributed by atoms with Crippen molar-refractivity contribution < 1.29 is 19.4 Å². The molecule has 0 aromatic heterocycles. The molecule has 0 fully saturated rings. The van der Waals surface area contributed by atoms with Crippen molar-refractivity contribution in [2.75, 3.05) is 13.2 Å². The summed E-state index contributed by atoms with van der Waals surface area (Å²) in [7, 11) is 0. The number of hydrogen-bond acceptors (Lipinski definition) is 3. The Bertz CT molecular complexity index is 725. The largest absolute Gasteiger partial charge is 0.494 e. The van der Waals surface area contributed by atoms with Crippen molar-refractivity contribution in [2.24, 2.45) is 0 Å². The van der Waals surface area contributed by atoms with Gasteiger partial charge in [0.15, 0.2) is 0 Å². The molecular weight excluding hydrogens is 330 g/mol. The molecule has 0 aliphatic heterocycles. The Morgan fingerprint density at radius 3 is 2.50 bits per heavy atom. The molecule has 0 heterocycles. The lowest BCUT2D eigenvalue weighted by Crippen LogP contribution is -2.25. The number of carboxylic acid groups (broad SMARTS) is 1. The average Bonchev–Trinajstić information content (AvgIpc) is 2.64. The van der Waals surface area contributed by atoms with Crippen molar-refractivity contribution in [1.82, 2.24) is 5.32 Å². The van der Waals surface area contributed by atoms with Crippen LogP contribution in [0.2, 0.25) is 0 Å². The second-order valence-corrected chi connectivity index (χ2v) is 6.18. The molecule has 0 aliphatic rings. The van der Waals surface area contributed by atoms with E-state index < -0.39 is 5.97 Å². The van der Waals surface area contributed by atoms with Crippen LogP contribution in [0.3, 0.4) is 0 Å². The zero-order valence-electron chi connectivity index (χ0n) is 15.0. The van der Waals surface area contributed by atoms with Crippen molar-refractivity contribution >= 4 is 11.9 Å². The fraction of sp³-hybridized carbons (Fsp3) is 0.333. The zero-order valence-corrected chi connectivity index (χ0v) is 15.0. The second-order valence-electron chi connectivity index (χ2n) is 6.18. The highest BCUT2D eigenvalue weighted by Gasteiger charge is 2.10. The van der Waals surface area contributed by atoms with Gasteiger partial charge < -0.3 is 15.2 Å². The molecular formula is C21H25NO4. The Kier molecular flexibility index (Phi) is 7.68. The molecule has 2 aromatic carbocycles. The van der Waals surface area contributed by atoms with Gasteiger partial charge in [0.25, 0.3) is 0 Å². The van der Waals surface area contributed by atoms with Gasteiger partial charge in [0.05, 0.1) is 12.2 Å². The van der Waals surface area contributed by atoms with Crippen LogP contribution in [0.15, 0.2) is 48.5 Å². The first-order chi connectivity index (χ1) is 12.6. The highest BCUT2D eigenvalue weighted by Crippen LogP contribution is 2.12. The Morgan fingerprint density at radius 1 is 1.04 bits per heavy atom. The number of aromatic carboxylic acids is 1. The minimum atomic E-state index is -0.963. The fourth-order valence-electron chi connectivity index (χ4n) is 2.56. The number of nitrogens with one attached hydrogen (secondary N) is 1. The average molecular weight is 355 g/mol. The number of carbonyl (C=O) groups is 2. The molecule has 5 nitrogen and oxygen atoms in total. The Balaban J connectivity index is 1.59. The van der Waals surface area contributed by atoms with Crippen LogP contribution in [-0.4, -0.2) is 30.1 Å². The van der Waals surface area contributed by atoms with E-state index in [4.69, 9.17) is 9.84 Å².